The molecule has 1 aromatic rings. The summed E-state index contributed by atoms with van der Waals surface area (Å²) >= 11 is 0. The number of carbonyl (C=O) groups excluding carboxylic acids is 5. The molecule has 8 atom stereocenters. The summed E-state index contributed by atoms with van der Waals surface area (Å²) in [5.41, 5.74) is -4.87. The van der Waals surface area contributed by atoms with E-state index in [-0.39, 0.29) is 41.7 Å². The number of aryl methyl sites for hydroxylation is 2. The number of allylic oxidation sites excluding steroid dienone is 1. The normalized spacial score (nSPS) is 29.2. The van der Waals surface area contributed by atoms with E-state index in [0.29, 0.717) is 12.8 Å². The molecule has 1 saturated carbocycles. The Balaban J connectivity index is 1.75. The van der Waals surface area contributed by atoms with Crippen LogP contribution in [0.1, 0.15) is 144 Å². The maximum absolute atomic E-state index is 13.8. The SMILES string of the molecule is C/C=C(/C)C(=O)OC1C(C)=C2[C@H]([C@@H]1OC(=O)CCCCCCC)[C@@](C)(OC(C)=O)CC(OC(=O)CCc1ccc(O)c(CCCCCC)c1)[C@@]1(O)[C@H]2OC(=O)[C@@]1(C)O. The number of hydrogen-bond acceptors (Lipinski definition) is 13. The molecule has 2 unspecified atom stereocenters. The van der Waals surface area contributed by atoms with E-state index in [0.717, 1.165) is 69.4 Å². The molecule has 0 amide bonds. The lowest BCUT2D eigenvalue weighted by atomic mass is 9.75. The minimum Gasteiger partial charge on any atom is -0.508 e. The lowest BCUT2D eigenvalue weighted by molar-refractivity contribution is -0.212. The van der Waals surface area contributed by atoms with Crippen molar-refractivity contribution in [2.24, 2.45) is 5.92 Å². The predicted molar refractivity (Wildman–Crippen MR) is 213 cm³/mol. The van der Waals surface area contributed by atoms with Crippen LogP contribution >= 0.6 is 0 Å². The van der Waals surface area contributed by atoms with E-state index in [1.54, 1.807) is 39.0 Å². The van der Waals surface area contributed by atoms with Crippen molar-refractivity contribution >= 4 is 29.8 Å². The maximum Gasteiger partial charge on any atom is 0.341 e. The third-order valence-corrected chi connectivity index (χ3v) is 12.1. The first-order chi connectivity index (χ1) is 27.4. The van der Waals surface area contributed by atoms with E-state index in [2.05, 4.69) is 13.8 Å². The van der Waals surface area contributed by atoms with Gasteiger partial charge in [0.2, 0.25) is 0 Å². The summed E-state index contributed by atoms with van der Waals surface area (Å²) in [4.78, 5) is 67.0. The number of benzene rings is 1. The minimum absolute atomic E-state index is 0.0544. The molecule has 3 N–H and O–H groups in total. The average Bonchev–Trinajstić information content (AvgIpc) is 3.50. The molecular weight excluding hydrogens is 748 g/mol. The van der Waals surface area contributed by atoms with E-state index >= 15 is 0 Å². The molecule has 3 aliphatic rings. The first-order valence-electron chi connectivity index (χ1n) is 21.0. The monoisotopic (exact) mass is 812 g/mol. The van der Waals surface area contributed by atoms with Crippen molar-refractivity contribution in [2.45, 2.75) is 187 Å². The number of carbonyl (C=O) groups is 5. The molecule has 4 rings (SSSR count). The van der Waals surface area contributed by atoms with Crippen LogP contribution in [-0.2, 0) is 60.5 Å². The Morgan fingerprint density at radius 2 is 1.52 bits per heavy atom. The molecule has 0 radical (unpaired) electrons. The number of aromatic hydroxyl groups is 1. The fraction of sp³-hybridized carbons (Fsp3) is 0.667. The van der Waals surface area contributed by atoms with Crippen molar-refractivity contribution < 1.29 is 63.0 Å². The summed E-state index contributed by atoms with van der Waals surface area (Å²) in [5, 5.41) is 35.0. The summed E-state index contributed by atoms with van der Waals surface area (Å²) in [6.07, 6.45) is 4.29. The molecule has 2 fully saturated rings. The molecule has 0 aromatic heterocycles. The fourth-order valence-electron chi connectivity index (χ4n) is 8.68. The molecular formula is C45H64O13. The van der Waals surface area contributed by atoms with Crippen LogP contribution in [0.2, 0.25) is 0 Å². The topological polar surface area (TPSA) is 192 Å². The van der Waals surface area contributed by atoms with Gasteiger partial charge >= 0.3 is 29.8 Å². The summed E-state index contributed by atoms with van der Waals surface area (Å²) in [7, 11) is 0. The van der Waals surface area contributed by atoms with E-state index in [1.807, 2.05) is 6.07 Å². The highest BCUT2D eigenvalue weighted by Gasteiger charge is 2.76. The Labute approximate surface area is 342 Å². The van der Waals surface area contributed by atoms with Crippen molar-refractivity contribution in [1.82, 2.24) is 0 Å². The van der Waals surface area contributed by atoms with Crippen LogP contribution in [0.3, 0.4) is 0 Å². The van der Waals surface area contributed by atoms with Gasteiger partial charge < -0.3 is 39.0 Å². The Morgan fingerprint density at radius 1 is 0.879 bits per heavy atom. The first kappa shape index (κ1) is 46.5. The highest BCUT2D eigenvalue weighted by molar-refractivity contribution is 5.88. The standard InChI is InChI=1S/C45H64O13/c1-9-12-14-16-18-20-34(48)55-39-37-36(28(5)38(39)56-41(50)27(4)11-3)40-45(53,44(8,52)42(51)57-40)33(26-43(37,7)58-29(6)46)54-35(49)24-22-30-21-23-32(47)31(25-30)19-17-15-13-10-2/h11,21,23,25,33,37-40,47,52-53H,9-10,12-20,22,24,26H2,1-8H3/b27-11-/t33?,37-,38?,39+,40+,43+,44-,45-/m1/s1. The molecule has 0 bridgehead atoms. The van der Waals surface area contributed by atoms with Crippen LogP contribution < -0.4 is 0 Å². The largest absolute Gasteiger partial charge is 0.508 e. The van der Waals surface area contributed by atoms with Gasteiger partial charge in [0.25, 0.3) is 0 Å². The van der Waals surface area contributed by atoms with Crippen molar-refractivity contribution in [1.29, 1.82) is 0 Å². The number of aliphatic hydroxyl groups is 2. The summed E-state index contributed by atoms with van der Waals surface area (Å²) in [5.74, 6) is -5.07. The highest BCUT2D eigenvalue weighted by Crippen LogP contribution is 2.57. The Kier molecular flexibility index (Phi) is 15.8. The van der Waals surface area contributed by atoms with Gasteiger partial charge in [0, 0.05) is 31.8 Å². The molecule has 1 aromatic carbocycles. The van der Waals surface area contributed by atoms with Crippen LogP contribution in [0.5, 0.6) is 5.75 Å². The number of phenolic OH excluding ortho intramolecular Hbond substituents is 1. The van der Waals surface area contributed by atoms with Gasteiger partial charge in [0.15, 0.2) is 29.5 Å². The second kappa shape index (κ2) is 19.7. The Morgan fingerprint density at radius 3 is 2.16 bits per heavy atom. The van der Waals surface area contributed by atoms with Gasteiger partial charge in [-0.05, 0) is 88.6 Å². The van der Waals surface area contributed by atoms with Crippen molar-refractivity contribution in [3.05, 3.63) is 52.1 Å². The summed E-state index contributed by atoms with van der Waals surface area (Å²) < 4.78 is 30.0. The Hall–Kier alpha value is -4.23. The van der Waals surface area contributed by atoms with Gasteiger partial charge in [-0.15, -0.1) is 0 Å². The van der Waals surface area contributed by atoms with Crippen molar-refractivity contribution in [3.8, 4) is 5.75 Å². The molecule has 13 heteroatoms. The highest BCUT2D eigenvalue weighted by atomic mass is 16.6. The zero-order valence-corrected chi connectivity index (χ0v) is 35.5. The van der Waals surface area contributed by atoms with Crippen LogP contribution in [0.4, 0.5) is 0 Å². The second-order valence-corrected chi connectivity index (χ2v) is 16.6. The molecule has 13 nitrogen and oxygen atoms in total. The smallest absolute Gasteiger partial charge is 0.341 e. The van der Waals surface area contributed by atoms with Gasteiger partial charge in [-0.25, -0.2) is 9.59 Å². The summed E-state index contributed by atoms with van der Waals surface area (Å²) in [6, 6.07) is 5.15. The van der Waals surface area contributed by atoms with Crippen LogP contribution in [0.25, 0.3) is 0 Å². The number of unbranched alkanes of at least 4 members (excludes halogenated alkanes) is 7. The maximum atomic E-state index is 13.8. The Bertz CT molecular complexity index is 1740. The molecule has 1 heterocycles. The summed E-state index contributed by atoms with van der Waals surface area (Å²) in [6.45, 7) is 12.8. The third-order valence-electron chi connectivity index (χ3n) is 12.1. The fourth-order valence-corrected chi connectivity index (χ4v) is 8.68. The van der Waals surface area contributed by atoms with Gasteiger partial charge in [0.05, 0.1) is 5.92 Å². The van der Waals surface area contributed by atoms with E-state index in [9.17, 15) is 39.3 Å². The number of phenols is 1. The van der Waals surface area contributed by atoms with Crippen LogP contribution in [0, 0.1) is 5.92 Å². The number of fused-ring (bicyclic) bond motifs is 3. The number of esters is 5. The number of ether oxygens (including phenoxy) is 5. The molecule has 2 aliphatic carbocycles. The second-order valence-electron chi connectivity index (χ2n) is 16.6. The number of rotatable bonds is 19. The number of hydrogen-bond donors (Lipinski definition) is 3. The minimum atomic E-state index is -2.65. The van der Waals surface area contributed by atoms with Gasteiger partial charge in [-0.1, -0.05) is 77.0 Å². The van der Waals surface area contributed by atoms with Crippen LogP contribution in [-0.4, -0.2) is 86.4 Å². The zero-order valence-electron chi connectivity index (χ0n) is 35.5. The van der Waals surface area contributed by atoms with Gasteiger partial charge in [-0.2, -0.15) is 0 Å². The van der Waals surface area contributed by atoms with E-state index in [1.165, 1.54) is 13.8 Å². The molecule has 58 heavy (non-hydrogen) atoms. The van der Waals surface area contributed by atoms with Gasteiger partial charge in [0.1, 0.15) is 17.5 Å². The zero-order chi connectivity index (χ0) is 43.0. The average molecular weight is 813 g/mol. The molecule has 322 valence electrons. The third kappa shape index (κ3) is 9.96. The lowest BCUT2D eigenvalue weighted by Gasteiger charge is -2.41. The van der Waals surface area contributed by atoms with Gasteiger partial charge in [-0.3, -0.25) is 14.4 Å². The molecule has 1 saturated heterocycles. The lowest BCUT2D eigenvalue weighted by Crippen LogP contribution is -2.64. The quantitative estimate of drug-likeness (QED) is 0.0446. The molecule has 1 aliphatic heterocycles. The van der Waals surface area contributed by atoms with Crippen LogP contribution in [0.15, 0.2) is 41.0 Å². The molecule has 0 spiro atoms. The predicted octanol–water partition coefficient (Wildman–Crippen LogP) is 6.59. The van der Waals surface area contributed by atoms with Crippen molar-refractivity contribution in [2.75, 3.05) is 0 Å². The van der Waals surface area contributed by atoms with E-state index in [4.69, 9.17) is 23.7 Å². The van der Waals surface area contributed by atoms with E-state index < -0.39 is 83.4 Å². The first-order valence-corrected chi connectivity index (χ1v) is 21.0. The van der Waals surface area contributed by atoms with Crippen molar-refractivity contribution in [3.63, 3.8) is 0 Å².